The molecule has 2 rings (SSSR count). The maximum atomic E-state index is 13.0. The van der Waals surface area contributed by atoms with E-state index >= 15 is 0 Å². The molecule has 1 heterocycles. The van der Waals surface area contributed by atoms with Crippen LogP contribution in [0.3, 0.4) is 0 Å². The van der Waals surface area contributed by atoms with Crippen LogP contribution in [0.4, 0.5) is 0 Å². The standard InChI is InChI=1S/C17H27N3O3/c1-11(14-12(2)18-20(5)13(14)3)15(21)19(4)17(16(22)23)9-7-6-8-10-17/h11H,6-10H2,1-5H3,(H,22,23). The second kappa shape index (κ2) is 6.34. The monoisotopic (exact) mass is 321 g/mol. The summed E-state index contributed by atoms with van der Waals surface area (Å²) in [5.41, 5.74) is 1.62. The number of rotatable bonds is 4. The Morgan fingerprint density at radius 2 is 1.83 bits per heavy atom. The highest BCUT2D eigenvalue weighted by molar-refractivity contribution is 5.90. The van der Waals surface area contributed by atoms with Gasteiger partial charge in [-0.05, 0) is 33.6 Å². The van der Waals surface area contributed by atoms with Gasteiger partial charge < -0.3 is 10.0 Å². The summed E-state index contributed by atoms with van der Waals surface area (Å²) in [6, 6.07) is 0. The maximum absolute atomic E-state index is 13.0. The number of hydrogen-bond acceptors (Lipinski definition) is 3. The first-order chi connectivity index (χ1) is 10.7. The summed E-state index contributed by atoms with van der Waals surface area (Å²) < 4.78 is 1.77. The second-order valence-corrected chi connectivity index (χ2v) is 6.72. The molecule has 6 heteroatoms. The Hall–Kier alpha value is -1.85. The lowest BCUT2D eigenvalue weighted by Crippen LogP contribution is -2.57. The summed E-state index contributed by atoms with van der Waals surface area (Å²) in [5.74, 6) is -1.43. The van der Waals surface area contributed by atoms with Crippen molar-refractivity contribution in [3.05, 3.63) is 17.0 Å². The average Bonchev–Trinajstić information content (AvgIpc) is 2.78. The smallest absolute Gasteiger partial charge is 0.329 e. The number of aromatic nitrogens is 2. The number of carbonyl (C=O) groups is 2. The number of likely N-dealkylation sites (N-methyl/N-ethyl adjacent to an activating group) is 1. The molecule has 0 saturated heterocycles. The highest BCUT2D eigenvalue weighted by Crippen LogP contribution is 2.36. The lowest BCUT2D eigenvalue weighted by molar-refractivity contribution is -0.160. The normalized spacial score (nSPS) is 18.5. The maximum Gasteiger partial charge on any atom is 0.329 e. The Bertz CT molecular complexity index is 615. The van der Waals surface area contributed by atoms with Crippen molar-refractivity contribution in [3.63, 3.8) is 0 Å². The summed E-state index contributed by atoms with van der Waals surface area (Å²) in [6.45, 7) is 5.67. The predicted molar refractivity (Wildman–Crippen MR) is 87.3 cm³/mol. The van der Waals surface area contributed by atoms with E-state index in [-0.39, 0.29) is 5.91 Å². The van der Waals surface area contributed by atoms with Crippen molar-refractivity contribution in [1.29, 1.82) is 0 Å². The molecule has 1 amide bonds. The van der Waals surface area contributed by atoms with E-state index in [9.17, 15) is 14.7 Å². The number of carboxylic acids is 1. The van der Waals surface area contributed by atoms with Gasteiger partial charge in [0.05, 0.1) is 11.6 Å². The van der Waals surface area contributed by atoms with Gasteiger partial charge in [-0.3, -0.25) is 9.48 Å². The molecule has 0 radical (unpaired) electrons. The molecule has 128 valence electrons. The molecule has 0 spiro atoms. The minimum Gasteiger partial charge on any atom is -0.479 e. The van der Waals surface area contributed by atoms with Gasteiger partial charge in [-0.15, -0.1) is 0 Å². The van der Waals surface area contributed by atoms with Crippen LogP contribution in [0.1, 0.15) is 61.9 Å². The molecule has 0 aliphatic heterocycles. The van der Waals surface area contributed by atoms with Crippen LogP contribution in [0.15, 0.2) is 0 Å². The Balaban J connectivity index is 2.32. The fourth-order valence-electron chi connectivity index (χ4n) is 3.87. The second-order valence-electron chi connectivity index (χ2n) is 6.72. The molecule has 1 fully saturated rings. The summed E-state index contributed by atoms with van der Waals surface area (Å²) in [7, 11) is 3.49. The molecule has 1 atom stereocenters. The molecule has 1 aromatic heterocycles. The lowest BCUT2D eigenvalue weighted by atomic mass is 9.79. The first-order valence-electron chi connectivity index (χ1n) is 8.23. The SMILES string of the molecule is Cc1nn(C)c(C)c1C(C)C(=O)N(C)C1(C(=O)O)CCCCC1. The van der Waals surface area contributed by atoms with Crippen molar-refractivity contribution in [2.75, 3.05) is 7.05 Å². The van der Waals surface area contributed by atoms with Crippen LogP contribution in [-0.2, 0) is 16.6 Å². The Morgan fingerprint density at radius 3 is 2.26 bits per heavy atom. The fourth-order valence-corrected chi connectivity index (χ4v) is 3.87. The number of carbonyl (C=O) groups excluding carboxylic acids is 1. The van der Waals surface area contributed by atoms with E-state index in [0.717, 1.165) is 36.2 Å². The van der Waals surface area contributed by atoms with Crippen molar-refractivity contribution < 1.29 is 14.7 Å². The molecule has 1 aromatic rings. The third-order valence-corrected chi connectivity index (χ3v) is 5.42. The molecule has 0 aromatic carbocycles. The number of hydrogen-bond donors (Lipinski definition) is 1. The van der Waals surface area contributed by atoms with Crippen LogP contribution < -0.4 is 0 Å². The van der Waals surface area contributed by atoms with Crippen LogP contribution in [0.5, 0.6) is 0 Å². The van der Waals surface area contributed by atoms with Crippen molar-refractivity contribution in [1.82, 2.24) is 14.7 Å². The zero-order valence-electron chi connectivity index (χ0n) is 14.7. The van der Waals surface area contributed by atoms with E-state index in [1.165, 1.54) is 4.90 Å². The molecule has 0 bridgehead atoms. The highest BCUT2D eigenvalue weighted by atomic mass is 16.4. The summed E-state index contributed by atoms with van der Waals surface area (Å²) in [6.07, 6.45) is 3.80. The molecule has 1 aliphatic carbocycles. The summed E-state index contributed by atoms with van der Waals surface area (Å²) >= 11 is 0. The molecular weight excluding hydrogens is 294 g/mol. The lowest BCUT2D eigenvalue weighted by Gasteiger charge is -2.42. The van der Waals surface area contributed by atoms with Crippen molar-refractivity contribution in [2.24, 2.45) is 7.05 Å². The third kappa shape index (κ3) is 2.86. The zero-order valence-corrected chi connectivity index (χ0v) is 14.7. The van der Waals surface area contributed by atoms with Crippen LogP contribution in [0.2, 0.25) is 0 Å². The van der Waals surface area contributed by atoms with Crippen LogP contribution >= 0.6 is 0 Å². The minimum absolute atomic E-state index is 0.145. The Morgan fingerprint density at radius 1 is 1.26 bits per heavy atom. The van der Waals surface area contributed by atoms with Crippen LogP contribution in [0.25, 0.3) is 0 Å². The van der Waals surface area contributed by atoms with E-state index in [4.69, 9.17) is 0 Å². The minimum atomic E-state index is -1.06. The van der Waals surface area contributed by atoms with E-state index in [1.807, 2.05) is 27.8 Å². The van der Waals surface area contributed by atoms with E-state index in [0.29, 0.717) is 12.8 Å². The molecule has 6 nitrogen and oxygen atoms in total. The van der Waals surface area contributed by atoms with Gasteiger partial charge in [0.25, 0.3) is 0 Å². The van der Waals surface area contributed by atoms with Crippen LogP contribution in [-0.4, -0.2) is 44.3 Å². The van der Waals surface area contributed by atoms with Gasteiger partial charge in [0.2, 0.25) is 5.91 Å². The topological polar surface area (TPSA) is 75.4 Å². The Kier molecular flexibility index (Phi) is 4.82. The van der Waals surface area contributed by atoms with Crippen LogP contribution in [0, 0.1) is 13.8 Å². The first kappa shape index (κ1) is 17.5. The molecule has 1 saturated carbocycles. The molecule has 1 unspecified atom stereocenters. The van der Waals surface area contributed by atoms with Gasteiger partial charge in [-0.2, -0.15) is 5.10 Å². The molecule has 23 heavy (non-hydrogen) atoms. The van der Waals surface area contributed by atoms with Gasteiger partial charge in [0.15, 0.2) is 0 Å². The third-order valence-electron chi connectivity index (χ3n) is 5.42. The van der Waals surface area contributed by atoms with Crippen molar-refractivity contribution in [2.45, 2.75) is 64.3 Å². The van der Waals surface area contributed by atoms with Gasteiger partial charge in [-0.1, -0.05) is 19.3 Å². The first-order valence-corrected chi connectivity index (χ1v) is 8.23. The Labute approximate surface area is 137 Å². The van der Waals surface area contributed by atoms with Gasteiger partial charge in [0, 0.05) is 25.4 Å². The summed E-state index contributed by atoms with van der Waals surface area (Å²) in [4.78, 5) is 26.4. The zero-order chi connectivity index (χ0) is 17.4. The van der Waals surface area contributed by atoms with Crippen molar-refractivity contribution in [3.8, 4) is 0 Å². The van der Waals surface area contributed by atoms with Gasteiger partial charge in [-0.25, -0.2) is 4.79 Å². The number of nitrogens with zero attached hydrogens (tertiary/aromatic N) is 3. The summed E-state index contributed by atoms with van der Waals surface area (Å²) in [5, 5.41) is 14.1. The number of amides is 1. The van der Waals surface area contributed by atoms with Gasteiger partial charge >= 0.3 is 5.97 Å². The number of carboxylic acid groups (broad SMARTS) is 1. The fraction of sp³-hybridized carbons (Fsp3) is 0.706. The molecule has 1 N–H and O–H groups in total. The van der Waals surface area contributed by atoms with E-state index < -0.39 is 17.4 Å². The van der Waals surface area contributed by atoms with Gasteiger partial charge in [0.1, 0.15) is 5.54 Å². The number of aliphatic carboxylic acids is 1. The van der Waals surface area contributed by atoms with Crippen molar-refractivity contribution >= 4 is 11.9 Å². The largest absolute Gasteiger partial charge is 0.479 e. The predicted octanol–water partition coefficient (Wildman–Crippen LogP) is 2.39. The van der Waals surface area contributed by atoms with E-state index in [2.05, 4.69) is 5.10 Å². The van der Waals surface area contributed by atoms with E-state index in [1.54, 1.807) is 11.7 Å². The number of aryl methyl sites for hydroxylation is 2. The molecule has 1 aliphatic rings. The average molecular weight is 321 g/mol. The quantitative estimate of drug-likeness (QED) is 0.924. The highest BCUT2D eigenvalue weighted by Gasteiger charge is 2.46. The molecular formula is C17H27N3O3.